The van der Waals surface area contributed by atoms with E-state index in [4.69, 9.17) is 9.47 Å². The Morgan fingerprint density at radius 1 is 1.18 bits per heavy atom. The summed E-state index contributed by atoms with van der Waals surface area (Å²) in [4.78, 5) is 24.0. The number of amides is 3. The Morgan fingerprint density at radius 2 is 1.95 bits per heavy atom. The van der Waals surface area contributed by atoms with Gasteiger partial charge in [0.25, 0.3) is 0 Å². The van der Waals surface area contributed by atoms with E-state index in [1.807, 2.05) is 38.1 Å². The summed E-state index contributed by atoms with van der Waals surface area (Å²) >= 11 is 0. The summed E-state index contributed by atoms with van der Waals surface area (Å²) in [6.45, 7) is 4.47. The third-order valence-electron chi connectivity index (χ3n) is 4.98. The minimum absolute atomic E-state index is 0.0423. The van der Waals surface area contributed by atoms with Crippen LogP contribution in [0.1, 0.15) is 25.3 Å². The molecular formula is C16H18N2O4. The number of carbonyl (C=O) groups is 2. The van der Waals surface area contributed by atoms with Gasteiger partial charge >= 0.3 is 6.03 Å². The standard InChI is InChI=1S/C16H18N2O4/c1-16(2)9-7-21-10-6-4-3-5-8(10)11(9)12-13(19)17-15(20)18-14(12)22-16/h3-6,9,11-12,14H,7H2,1-2H3,(H2,17,18,19,20)/t9-,11+,12+,14+/m0/s1. The van der Waals surface area contributed by atoms with Crippen LogP contribution in [0.3, 0.4) is 0 Å². The van der Waals surface area contributed by atoms with E-state index in [-0.39, 0.29) is 17.7 Å². The number of hydrogen-bond acceptors (Lipinski definition) is 4. The van der Waals surface area contributed by atoms with Crippen LogP contribution in [0.4, 0.5) is 4.79 Å². The Balaban J connectivity index is 1.84. The van der Waals surface area contributed by atoms with E-state index in [1.165, 1.54) is 0 Å². The molecular weight excluding hydrogens is 284 g/mol. The van der Waals surface area contributed by atoms with Gasteiger partial charge in [0, 0.05) is 11.8 Å². The molecule has 3 heterocycles. The summed E-state index contributed by atoms with van der Waals surface area (Å²) < 4.78 is 11.9. The van der Waals surface area contributed by atoms with Gasteiger partial charge in [-0.2, -0.15) is 0 Å². The molecule has 6 nitrogen and oxygen atoms in total. The summed E-state index contributed by atoms with van der Waals surface area (Å²) in [5.41, 5.74) is 0.515. The van der Waals surface area contributed by atoms with Crippen LogP contribution in [0, 0.1) is 11.8 Å². The number of rotatable bonds is 0. The van der Waals surface area contributed by atoms with E-state index in [0.29, 0.717) is 6.61 Å². The number of hydrogen-bond donors (Lipinski definition) is 2. The molecule has 0 aliphatic carbocycles. The van der Waals surface area contributed by atoms with Crippen LogP contribution in [0.25, 0.3) is 0 Å². The van der Waals surface area contributed by atoms with Crippen LogP contribution in [-0.4, -0.2) is 30.4 Å². The maximum atomic E-state index is 12.4. The summed E-state index contributed by atoms with van der Waals surface area (Å²) in [6, 6.07) is 7.28. The Labute approximate surface area is 128 Å². The molecule has 0 saturated carbocycles. The molecule has 0 radical (unpaired) electrons. The second kappa shape index (κ2) is 4.46. The van der Waals surface area contributed by atoms with Crippen molar-refractivity contribution in [2.75, 3.05) is 6.61 Å². The average molecular weight is 302 g/mol. The normalized spacial score (nSPS) is 35.2. The third kappa shape index (κ3) is 1.83. The van der Waals surface area contributed by atoms with Gasteiger partial charge in [-0.15, -0.1) is 0 Å². The van der Waals surface area contributed by atoms with E-state index in [2.05, 4.69) is 10.6 Å². The fourth-order valence-corrected chi connectivity index (χ4v) is 3.92. The molecule has 3 aliphatic rings. The van der Waals surface area contributed by atoms with E-state index < -0.39 is 23.8 Å². The molecule has 2 fully saturated rings. The van der Waals surface area contributed by atoms with Crippen LogP contribution in [0.15, 0.2) is 24.3 Å². The molecule has 6 heteroatoms. The first-order valence-corrected chi connectivity index (χ1v) is 7.48. The van der Waals surface area contributed by atoms with Crippen LogP contribution in [0.5, 0.6) is 5.75 Å². The van der Waals surface area contributed by atoms with Crippen LogP contribution in [0.2, 0.25) is 0 Å². The predicted molar refractivity (Wildman–Crippen MR) is 77.3 cm³/mol. The van der Waals surface area contributed by atoms with Crippen molar-refractivity contribution in [3.63, 3.8) is 0 Å². The first kappa shape index (κ1) is 13.6. The van der Waals surface area contributed by atoms with Gasteiger partial charge in [0.1, 0.15) is 12.0 Å². The number of imide groups is 1. The Hall–Kier alpha value is -2.08. The number of para-hydroxylation sites is 1. The monoisotopic (exact) mass is 302 g/mol. The van der Waals surface area contributed by atoms with Crippen LogP contribution in [-0.2, 0) is 9.53 Å². The molecule has 0 spiro atoms. The smallest absolute Gasteiger partial charge is 0.323 e. The van der Waals surface area contributed by atoms with Gasteiger partial charge in [0.2, 0.25) is 5.91 Å². The van der Waals surface area contributed by atoms with Gasteiger partial charge in [-0.25, -0.2) is 4.79 Å². The molecule has 22 heavy (non-hydrogen) atoms. The number of nitrogens with one attached hydrogen (secondary N) is 2. The zero-order chi connectivity index (χ0) is 15.5. The van der Waals surface area contributed by atoms with Gasteiger partial charge in [-0.05, 0) is 25.5 Å². The lowest BCUT2D eigenvalue weighted by atomic mass is 9.66. The Kier molecular flexibility index (Phi) is 2.75. The minimum Gasteiger partial charge on any atom is -0.493 e. The van der Waals surface area contributed by atoms with E-state index in [1.54, 1.807) is 0 Å². The molecule has 0 unspecified atom stereocenters. The fourth-order valence-electron chi connectivity index (χ4n) is 3.92. The Bertz CT molecular complexity index is 657. The number of benzene rings is 1. The molecule has 1 aromatic carbocycles. The van der Waals surface area contributed by atoms with Crippen molar-refractivity contribution in [3.05, 3.63) is 29.8 Å². The number of fused-ring (bicyclic) bond motifs is 5. The highest BCUT2D eigenvalue weighted by molar-refractivity contribution is 5.99. The summed E-state index contributed by atoms with van der Waals surface area (Å²) in [7, 11) is 0. The van der Waals surface area contributed by atoms with Crippen molar-refractivity contribution < 1.29 is 19.1 Å². The maximum Gasteiger partial charge on any atom is 0.323 e. The van der Waals surface area contributed by atoms with Crippen LogP contribution >= 0.6 is 0 Å². The lowest BCUT2D eigenvalue weighted by Gasteiger charge is -2.53. The lowest BCUT2D eigenvalue weighted by molar-refractivity contribution is -0.200. The fraction of sp³-hybridized carbons (Fsp3) is 0.500. The summed E-state index contributed by atoms with van der Waals surface area (Å²) in [5.74, 6) is 0.0883. The molecule has 0 aromatic heterocycles. The minimum atomic E-state index is -0.608. The molecule has 2 N–H and O–H groups in total. The lowest BCUT2D eigenvalue weighted by Crippen LogP contribution is -2.68. The molecule has 3 amide bonds. The van der Waals surface area contributed by atoms with Crippen molar-refractivity contribution in [2.24, 2.45) is 11.8 Å². The topological polar surface area (TPSA) is 76.7 Å². The molecule has 2 saturated heterocycles. The number of ether oxygens (including phenoxy) is 2. The number of urea groups is 1. The van der Waals surface area contributed by atoms with Gasteiger partial charge in [0.05, 0.1) is 18.1 Å². The number of carbonyl (C=O) groups excluding carboxylic acids is 2. The van der Waals surface area contributed by atoms with Crippen molar-refractivity contribution in [1.29, 1.82) is 0 Å². The Morgan fingerprint density at radius 3 is 2.77 bits per heavy atom. The third-order valence-corrected chi connectivity index (χ3v) is 4.98. The van der Waals surface area contributed by atoms with Gasteiger partial charge in [0.15, 0.2) is 0 Å². The SMILES string of the molecule is CC1(C)O[C@H]2NC(=O)NC(=O)[C@H]2[C@@H]2c3ccccc3OC[C@@H]21. The molecule has 4 rings (SSSR count). The summed E-state index contributed by atoms with van der Waals surface area (Å²) in [6.07, 6.45) is -0.608. The molecule has 116 valence electrons. The molecule has 1 aromatic rings. The zero-order valence-corrected chi connectivity index (χ0v) is 12.5. The van der Waals surface area contributed by atoms with Crippen LogP contribution < -0.4 is 15.4 Å². The summed E-state index contributed by atoms with van der Waals surface area (Å²) in [5, 5.41) is 5.09. The van der Waals surface area contributed by atoms with Gasteiger partial charge in [-0.1, -0.05) is 18.2 Å². The van der Waals surface area contributed by atoms with Gasteiger partial charge in [-0.3, -0.25) is 10.1 Å². The highest BCUT2D eigenvalue weighted by Crippen LogP contribution is 2.51. The highest BCUT2D eigenvalue weighted by Gasteiger charge is 2.57. The highest BCUT2D eigenvalue weighted by atomic mass is 16.5. The molecule has 3 aliphatic heterocycles. The zero-order valence-electron chi connectivity index (χ0n) is 12.5. The quantitative estimate of drug-likeness (QED) is 0.759. The van der Waals surface area contributed by atoms with Crippen molar-refractivity contribution in [2.45, 2.75) is 31.6 Å². The van der Waals surface area contributed by atoms with Gasteiger partial charge < -0.3 is 14.8 Å². The average Bonchev–Trinajstić information content (AvgIpc) is 2.45. The second-order valence-corrected chi connectivity index (χ2v) is 6.61. The van der Waals surface area contributed by atoms with Crippen molar-refractivity contribution in [3.8, 4) is 5.75 Å². The molecule has 0 bridgehead atoms. The first-order chi connectivity index (χ1) is 10.5. The van der Waals surface area contributed by atoms with Crippen molar-refractivity contribution in [1.82, 2.24) is 10.6 Å². The van der Waals surface area contributed by atoms with E-state index in [0.717, 1.165) is 11.3 Å². The largest absolute Gasteiger partial charge is 0.493 e. The maximum absolute atomic E-state index is 12.4. The first-order valence-electron chi connectivity index (χ1n) is 7.48. The van der Waals surface area contributed by atoms with E-state index >= 15 is 0 Å². The van der Waals surface area contributed by atoms with E-state index in [9.17, 15) is 9.59 Å². The second-order valence-electron chi connectivity index (χ2n) is 6.61. The predicted octanol–water partition coefficient (Wildman–Crippen LogP) is 1.37. The molecule has 4 atom stereocenters. The van der Waals surface area contributed by atoms with Crippen molar-refractivity contribution >= 4 is 11.9 Å².